The van der Waals surface area contributed by atoms with Crippen LogP contribution in [0.1, 0.15) is 18.4 Å². The van der Waals surface area contributed by atoms with Crippen LogP contribution in [0.4, 0.5) is 10.5 Å². The number of benzene rings is 2. The monoisotopic (exact) mass is 384 g/mol. The molecule has 2 aromatic carbocycles. The quantitative estimate of drug-likeness (QED) is 0.337. The number of hydrogen-bond donors (Lipinski definition) is 0. The van der Waals surface area contributed by atoms with E-state index in [-0.39, 0.29) is 30.9 Å². The van der Waals surface area contributed by atoms with Gasteiger partial charge in [0, 0.05) is 18.6 Å². The second-order valence-electron chi connectivity index (χ2n) is 6.03. The van der Waals surface area contributed by atoms with E-state index < -0.39 is 28.9 Å². The normalized spacial score (nSPS) is 15.9. The van der Waals surface area contributed by atoms with Crippen LogP contribution in [0.3, 0.4) is 0 Å². The van der Waals surface area contributed by atoms with Crippen molar-refractivity contribution >= 4 is 23.7 Å². The van der Waals surface area contributed by atoms with Gasteiger partial charge in [-0.3, -0.25) is 14.9 Å². The molecule has 9 nitrogen and oxygen atoms in total. The average Bonchev–Trinajstić information content (AvgIpc) is 3.09. The lowest BCUT2D eigenvalue weighted by atomic mass is 10.2. The summed E-state index contributed by atoms with van der Waals surface area (Å²) < 4.78 is 10.3. The van der Waals surface area contributed by atoms with Gasteiger partial charge in [0.05, 0.1) is 4.92 Å². The first-order chi connectivity index (χ1) is 13.5. The Kier molecular flexibility index (Phi) is 5.64. The molecular formula is C19H16N2O7. The second kappa shape index (κ2) is 8.30. The molecule has 0 saturated carbocycles. The van der Waals surface area contributed by atoms with Crippen LogP contribution >= 0.6 is 0 Å². The first-order valence-electron chi connectivity index (χ1n) is 8.44. The van der Waals surface area contributed by atoms with Crippen molar-refractivity contribution in [3.05, 3.63) is 70.3 Å². The number of rotatable bonds is 5. The molecule has 2 amide bonds. The Balaban J connectivity index is 1.64. The van der Waals surface area contributed by atoms with E-state index >= 15 is 0 Å². The van der Waals surface area contributed by atoms with E-state index in [1.807, 2.05) is 6.07 Å². The number of imide groups is 1. The van der Waals surface area contributed by atoms with E-state index in [4.69, 9.17) is 9.47 Å². The maximum absolute atomic E-state index is 12.4. The topological polar surface area (TPSA) is 116 Å². The molecule has 0 bridgehead atoms. The van der Waals surface area contributed by atoms with Crippen LogP contribution in [0.15, 0.2) is 54.6 Å². The molecular weight excluding hydrogens is 368 g/mol. The van der Waals surface area contributed by atoms with Crippen LogP contribution in [0, 0.1) is 10.1 Å². The minimum Gasteiger partial charge on any atom is -0.444 e. The Bertz CT molecular complexity index is 896. The summed E-state index contributed by atoms with van der Waals surface area (Å²) in [6.07, 6.45) is -0.789. The Morgan fingerprint density at radius 1 is 1.11 bits per heavy atom. The van der Waals surface area contributed by atoms with Crippen molar-refractivity contribution < 1.29 is 28.8 Å². The molecule has 1 aliphatic heterocycles. The van der Waals surface area contributed by atoms with Crippen LogP contribution in [0.25, 0.3) is 0 Å². The Morgan fingerprint density at radius 3 is 2.43 bits per heavy atom. The summed E-state index contributed by atoms with van der Waals surface area (Å²) in [4.78, 5) is 47.6. The first kappa shape index (κ1) is 19.0. The van der Waals surface area contributed by atoms with E-state index in [0.29, 0.717) is 0 Å². The smallest absolute Gasteiger partial charge is 0.417 e. The summed E-state index contributed by atoms with van der Waals surface area (Å²) in [6, 6.07) is 12.7. The lowest BCUT2D eigenvalue weighted by molar-refractivity contribution is -0.384. The van der Waals surface area contributed by atoms with Crippen molar-refractivity contribution in [3.8, 4) is 5.75 Å². The lowest BCUT2D eigenvalue weighted by Gasteiger charge is -2.21. The predicted octanol–water partition coefficient (Wildman–Crippen LogP) is 2.83. The number of esters is 1. The third-order valence-electron chi connectivity index (χ3n) is 4.15. The molecule has 28 heavy (non-hydrogen) atoms. The van der Waals surface area contributed by atoms with E-state index in [2.05, 4.69) is 0 Å². The molecule has 0 unspecified atom stereocenters. The molecule has 0 spiro atoms. The third kappa shape index (κ3) is 4.32. The fraction of sp³-hybridized carbons (Fsp3) is 0.211. The number of nitro benzene ring substituents is 1. The molecule has 2 aromatic rings. The first-order valence-corrected chi connectivity index (χ1v) is 8.44. The number of ether oxygens (including phenoxy) is 2. The van der Waals surface area contributed by atoms with Crippen molar-refractivity contribution in [1.29, 1.82) is 0 Å². The predicted molar refractivity (Wildman–Crippen MR) is 95.2 cm³/mol. The Labute approximate surface area is 159 Å². The van der Waals surface area contributed by atoms with Gasteiger partial charge in [-0.15, -0.1) is 0 Å². The number of likely N-dealkylation sites (tertiary alicyclic amines) is 1. The Morgan fingerprint density at radius 2 is 1.79 bits per heavy atom. The van der Waals surface area contributed by atoms with Gasteiger partial charge in [0.1, 0.15) is 18.4 Å². The number of non-ortho nitro benzene ring substituents is 1. The van der Waals surface area contributed by atoms with Gasteiger partial charge in [0.25, 0.3) is 5.69 Å². The molecule has 9 heteroatoms. The molecule has 0 radical (unpaired) electrons. The van der Waals surface area contributed by atoms with Crippen LogP contribution in [-0.4, -0.2) is 33.8 Å². The highest BCUT2D eigenvalue weighted by Gasteiger charge is 2.42. The van der Waals surface area contributed by atoms with Gasteiger partial charge in [-0.2, -0.15) is 0 Å². The number of amides is 2. The minimum absolute atomic E-state index is 0.0144. The Hall–Kier alpha value is -3.75. The maximum Gasteiger partial charge on any atom is 0.417 e. The number of carbonyl (C=O) groups excluding carboxylic acids is 3. The summed E-state index contributed by atoms with van der Waals surface area (Å²) in [5.74, 6) is -1.26. The molecule has 1 fully saturated rings. The fourth-order valence-electron chi connectivity index (χ4n) is 2.74. The zero-order valence-corrected chi connectivity index (χ0v) is 14.6. The zero-order chi connectivity index (χ0) is 20.1. The molecule has 1 saturated heterocycles. The highest BCUT2D eigenvalue weighted by atomic mass is 16.6. The minimum atomic E-state index is -1.11. The molecule has 1 atom stereocenters. The second-order valence-corrected chi connectivity index (χ2v) is 6.03. The number of hydrogen-bond acceptors (Lipinski definition) is 7. The van der Waals surface area contributed by atoms with E-state index in [0.717, 1.165) is 10.5 Å². The van der Waals surface area contributed by atoms with Crippen molar-refractivity contribution in [3.63, 3.8) is 0 Å². The zero-order valence-electron chi connectivity index (χ0n) is 14.6. The lowest BCUT2D eigenvalue weighted by Crippen LogP contribution is -2.44. The highest BCUT2D eigenvalue weighted by Crippen LogP contribution is 2.24. The van der Waals surface area contributed by atoms with Crippen LogP contribution in [0.5, 0.6) is 5.75 Å². The van der Waals surface area contributed by atoms with Crippen LogP contribution < -0.4 is 4.74 Å². The summed E-state index contributed by atoms with van der Waals surface area (Å²) in [5.41, 5.74) is 0.592. The molecule has 3 rings (SSSR count). The van der Waals surface area contributed by atoms with Crippen molar-refractivity contribution in [2.24, 2.45) is 0 Å². The van der Waals surface area contributed by atoms with Crippen molar-refractivity contribution in [2.75, 3.05) is 0 Å². The summed E-state index contributed by atoms with van der Waals surface area (Å²) in [5, 5.41) is 10.7. The van der Waals surface area contributed by atoms with Gasteiger partial charge >= 0.3 is 12.1 Å². The van der Waals surface area contributed by atoms with Gasteiger partial charge in [-0.1, -0.05) is 30.3 Å². The maximum atomic E-state index is 12.4. The molecule has 1 heterocycles. The summed E-state index contributed by atoms with van der Waals surface area (Å²) in [6.45, 7) is -0.0342. The molecule has 0 aromatic heterocycles. The SMILES string of the molecule is O=C(Oc1ccc([N+](=O)[O-])cc1)[C@H]1CCC(=O)N1C(=O)OCc1ccccc1. The number of nitrogens with zero attached hydrogens (tertiary/aromatic N) is 2. The average molecular weight is 384 g/mol. The van der Waals surface area contributed by atoms with Gasteiger partial charge in [-0.05, 0) is 24.1 Å². The standard InChI is InChI=1S/C19H16N2O7/c22-17-11-10-16(18(23)28-15-8-6-14(7-9-15)21(25)26)20(17)19(24)27-12-13-4-2-1-3-5-13/h1-9,16H,10-12H2/t16-/m1/s1. The van der Waals surface area contributed by atoms with Gasteiger partial charge in [0.15, 0.2) is 0 Å². The molecule has 0 aliphatic carbocycles. The van der Waals surface area contributed by atoms with Gasteiger partial charge in [-0.25, -0.2) is 14.5 Å². The van der Waals surface area contributed by atoms with Gasteiger partial charge < -0.3 is 9.47 Å². The number of carbonyl (C=O) groups is 3. The van der Waals surface area contributed by atoms with E-state index in [1.54, 1.807) is 24.3 Å². The van der Waals surface area contributed by atoms with E-state index in [9.17, 15) is 24.5 Å². The van der Waals surface area contributed by atoms with Crippen molar-refractivity contribution in [1.82, 2.24) is 4.90 Å². The van der Waals surface area contributed by atoms with Crippen LogP contribution in [0.2, 0.25) is 0 Å². The summed E-state index contributed by atoms with van der Waals surface area (Å²) in [7, 11) is 0. The fourth-order valence-corrected chi connectivity index (χ4v) is 2.74. The molecule has 1 aliphatic rings. The third-order valence-corrected chi connectivity index (χ3v) is 4.15. The highest BCUT2D eigenvalue weighted by molar-refractivity contribution is 5.99. The largest absolute Gasteiger partial charge is 0.444 e. The molecule has 0 N–H and O–H groups in total. The van der Waals surface area contributed by atoms with E-state index in [1.165, 1.54) is 24.3 Å². The van der Waals surface area contributed by atoms with Crippen LogP contribution in [-0.2, 0) is 20.9 Å². The van der Waals surface area contributed by atoms with Gasteiger partial charge in [0.2, 0.25) is 5.91 Å². The molecule has 144 valence electrons. The number of nitro groups is 1. The summed E-state index contributed by atoms with van der Waals surface area (Å²) >= 11 is 0. The van der Waals surface area contributed by atoms with Crippen molar-refractivity contribution in [2.45, 2.75) is 25.5 Å².